The number of aromatic nitrogens is 4. The summed E-state index contributed by atoms with van der Waals surface area (Å²) >= 11 is 0. The van der Waals surface area contributed by atoms with Crippen molar-refractivity contribution in [2.75, 3.05) is 12.5 Å². The SMILES string of the molecule is CONNc1cccc(-c2nncn2C(C)C)n1. The molecule has 0 fully saturated rings. The lowest BCUT2D eigenvalue weighted by Gasteiger charge is -2.10. The number of hydrogen-bond acceptors (Lipinski definition) is 6. The largest absolute Gasteiger partial charge is 0.310 e. The van der Waals surface area contributed by atoms with E-state index in [1.54, 1.807) is 6.33 Å². The minimum Gasteiger partial charge on any atom is -0.310 e. The molecule has 2 heterocycles. The molecule has 0 unspecified atom stereocenters. The number of hydrazine groups is 1. The minimum absolute atomic E-state index is 0.283. The van der Waals surface area contributed by atoms with Gasteiger partial charge in [-0.15, -0.1) is 15.8 Å². The Morgan fingerprint density at radius 3 is 2.89 bits per heavy atom. The number of nitrogens with zero attached hydrogens (tertiary/aromatic N) is 4. The molecule has 18 heavy (non-hydrogen) atoms. The van der Waals surface area contributed by atoms with Crippen molar-refractivity contribution in [2.24, 2.45) is 0 Å². The molecule has 0 saturated heterocycles. The molecule has 0 aliphatic carbocycles. The summed E-state index contributed by atoms with van der Waals surface area (Å²) in [6.45, 7) is 4.14. The Balaban J connectivity index is 2.29. The third-order valence-corrected chi connectivity index (χ3v) is 2.39. The van der Waals surface area contributed by atoms with E-state index in [1.807, 2.05) is 22.8 Å². The molecule has 2 aromatic heterocycles. The van der Waals surface area contributed by atoms with Crippen LogP contribution in [0.1, 0.15) is 19.9 Å². The van der Waals surface area contributed by atoms with Crippen LogP contribution in [0.15, 0.2) is 24.5 Å². The van der Waals surface area contributed by atoms with E-state index >= 15 is 0 Å². The van der Waals surface area contributed by atoms with Crippen molar-refractivity contribution in [3.8, 4) is 11.5 Å². The first kappa shape index (κ1) is 12.5. The van der Waals surface area contributed by atoms with Gasteiger partial charge < -0.3 is 4.57 Å². The molecular formula is C11H16N6O. The van der Waals surface area contributed by atoms with Gasteiger partial charge in [0.2, 0.25) is 0 Å². The second kappa shape index (κ2) is 5.56. The maximum absolute atomic E-state index is 4.70. The number of pyridine rings is 1. The first-order valence-electron chi connectivity index (χ1n) is 5.63. The summed E-state index contributed by atoms with van der Waals surface area (Å²) in [4.78, 5) is 9.12. The second-order valence-corrected chi connectivity index (χ2v) is 3.99. The molecule has 0 spiro atoms. The lowest BCUT2D eigenvalue weighted by molar-refractivity contribution is 0.111. The molecule has 0 bridgehead atoms. The average molecular weight is 248 g/mol. The highest BCUT2D eigenvalue weighted by atomic mass is 16.7. The van der Waals surface area contributed by atoms with Crippen molar-refractivity contribution in [1.29, 1.82) is 0 Å². The molecule has 0 atom stereocenters. The van der Waals surface area contributed by atoms with Gasteiger partial charge in [0.05, 0.1) is 7.11 Å². The first-order chi connectivity index (χ1) is 8.72. The van der Waals surface area contributed by atoms with E-state index in [4.69, 9.17) is 4.84 Å². The molecule has 7 heteroatoms. The van der Waals surface area contributed by atoms with E-state index in [1.165, 1.54) is 7.11 Å². The maximum atomic E-state index is 4.70. The van der Waals surface area contributed by atoms with Gasteiger partial charge >= 0.3 is 0 Å². The van der Waals surface area contributed by atoms with Gasteiger partial charge in [0.1, 0.15) is 17.8 Å². The topological polar surface area (TPSA) is 76.9 Å². The molecule has 0 radical (unpaired) electrons. The Kier molecular flexibility index (Phi) is 3.85. The number of hydrogen-bond donors (Lipinski definition) is 2. The van der Waals surface area contributed by atoms with E-state index in [9.17, 15) is 0 Å². The normalized spacial score (nSPS) is 10.9. The van der Waals surface area contributed by atoms with Crippen molar-refractivity contribution < 1.29 is 4.84 Å². The van der Waals surface area contributed by atoms with Crippen LogP contribution in [0.5, 0.6) is 0 Å². The fourth-order valence-corrected chi connectivity index (χ4v) is 1.54. The molecule has 0 aliphatic rings. The van der Waals surface area contributed by atoms with Gasteiger partial charge in [0.25, 0.3) is 0 Å². The van der Waals surface area contributed by atoms with Crippen molar-refractivity contribution >= 4 is 5.82 Å². The lowest BCUT2D eigenvalue weighted by Crippen LogP contribution is -2.20. The number of nitrogens with one attached hydrogen (secondary N) is 2. The Morgan fingerprint density at radius 1 is 1.33 bits per heavy atom. The molecule has 2 aromatic rings. The van der Waals surface area contributed by atoms with Crippen molar-refractivity contribution in [3.63, 3.8) is 0 Å². The summed E-state index contributed by atoms with van der Waals surface area (Å²) in [7, 11) is 1.52. The average Bonchev–Trinajstić information content (AvgIpc) is 2.86. The number of rotatable bonds is 5. The highest BCUT2D eigenvalue weighted by Crippen LogP contribution is 2.19. The molecule has 0 aliphatic heterocycles. The van der Waals surface area contributed by atoms with Crippen LogP contribution in [0, 0.1) is 0 Å². The molecule has 2 rings (SSSR count). The van der Waals surface area contributed by atoms with Crippen LogP contribution in [0.4, 0.5) is 5.82 Å². The van der Waals surface area contributed by atoms with Crippen LogP contribution >= 0.6 is 0 Å². The summed E-state index contributed by atoms with van der Waals surface area (Å²) in [6.07, 6.45) is 1.70. The fraction of sp³-hybridized carbons (Fsp3) is 0.364. The molecular weight excluding hydrogens is 232 g/mol. The highest BCUT2D eigenvalue weighted by Gasteiger charge is 2.11. The standard InChI is InChI=1S/C11H16N6O/c1-8(2)17-7-12-15-11(17)9-5-4-6-10(13-9)14-16-18-3/h4-8,16H,1-3H3,(H,13,14). The van der Waals surface area contributed by atoms with Gasteiger partial charge in [0.15, 0.2) is 5.82 Å². The molecule has 96 valence electrons. The van der Waals surface area contributed by atoms with Crippen molar-refractivity contribution in [2.45, 2.75) is 19.9 Å². The van der Waals surface area contributed by atoms with E-state index in [0.29, 0.717) is 5.82 Å². The van der Waals surface area contributed by atoms with Gasteiger partial charge in [0, 0.05) is 6.04 Å². The predicted molar refractivity (Wildman–Crippen MR) is 67.4 cm³/mol. The first-order valence-corrected chi connectivity index (χ1v) is 5.63. The molecule has 2 N–H and O–H groups in total. The highest BCUT2D eigenvalue weighted by molar-refractivity contribution is 5.53. The molecule has 0 amide bonds. The zero-order valence-corrected chi connectivity index (χ0v) is 10.6. The lowest BCUT2D eigenvalue weighted by atomic mass is 10.3. The third kappa shape index (κ3) is 2.63. The Bertz CT molecular complexity index is 510. The van der Waals surface area contributed by atoms with Crippen LogP contribution in [-0.4, -0.2) is 26.9 Å². The van der Waals surface area contributed by atoms with Gasteiger partial charge in [-0.2, -0.15) is 0 Å². The smallest absolute Gasteiger partial charge is 0.182 e. The zero-order valence-electron chi connectivity index (χ0n) is 10.6. The fourth-order valence-electron chi connectivity index (χ4n) is 1.54. The summed E-state index contributed by atoms with van der Waals surface area (Å²) in [5.41, 5.74) is 6.08. The van der Waals surface area contributed by atoms with Crippen LogP contribution in [0.2, 0.25) is 0 Å². The summed E-state index contributed by atoms with van der Waals surface area (Å²) in [6, 6.07) is 5.89. The van der Waals surface area contributed by atoms with E-state index in [2.05, 4.69) is 40.0 Å². The van der Waals surface area contributed by atoms with Crippen molar-refractivity contribution in [1.82, 2.24) is 25.3 Å². The summed E-state index contributed by atoms with van der Waals surface area (Å²) in [5.74, 6) is 1.39. The minimum atomic E-state index is 0.283. The van der Waals surface area contributed by atoms with E-state index in [-0.39, 0.29) is 6.04 Å². The second-order valence-electron chi connectivity index (χ2n) is 3.99. The van der Waals surface area contributed by atoms with E-state index < -0.39 is 0 Å². The molecule has 7 nitrogen and oxygen atoms in total. The monoisotopic (exact) mass is 248 g/mol. The van der Waals surface area contributed by atoms with Gasteiger partial charge in [-0.1, -0.05) is 6.07 Å². The van der Waals surface area contributed by atoms with Crippen LogP contribution < -0.4 is 11.0 Å². The quantitative estimate of drug-likeness (QED) is 0.779. The Morgan fingerprint density at radius 2 is 2.17 bits per heavy atom. The van der Waals surface area contributed by atoms with Crippen LogP contribution in [0.3, 0.4) is 0 Å². The van der Waals surface area contributed by atoms with Crippen LogP contribution in [0.25, 0.3) is 11.5 Å². The van der Waals surface area contributed by atoms with Gasteiger partial charge in [-0.25, -0.2) is 4.98 Å². The predicted octanol–water partition coefficient (Wildman–Crippen LogP) is 1.40. The Labute approximate surface area is 105 Å². The molecule has 0 aromatic carbocycles. The summed E-state index contributed by atoms with van der Waals surface area (Å²) < 4.78 is 1.97. The van der Waals surface area contributed by atoms with Crippen LogP contribution in [-0.2, 0) is 4.84 Å². The third-order valence-electron chi connectivity index (χ3n) is 2.39. The van der Waals surface area contributed by atoms with Gasteiger partial charge in [-0.3, -0.25) is 10.3 Å². The number of anilines is 1. The zero-order chi connectivity index (χ0) is 13.0. The molecule has 0 saturated carbocycles. The summed E-state index contributed by atoms with van der Waals surface area (Å²) in [5, 5.41) is 8.02. The Hall–Kier alpha value is -1.99. The maximum Gasteiger partial charge on any atom is 0.182 e. The van der Waals surface area contributed by atoms with Crippen molar-refractivity contribution in [3.05, 3.63) is 24.5 Å². The van der Waals surface area contributed by atoms with E-state index in [0.717, 1.165) is 11.5 Å². The van der Waals surface area contributed by atoms with Gasteiger partial charge in [-0.05, 0) is 26.0 Å².